The first-order valence-corrected chi connectivity index (χ1v) is 9.28. The maximum Gasteiger partial charge on any atom is 0.258 e. The van der Waals surface area contributed by atoms with Crippen molar-refractivity contribution in [2.45, 2.75) is 26.1 Å². The van der Waals surface area contributed by atoms with Crippen molar-refractivity contribution in [2.24, 2.45) is 0 Å². The molecule has 1 aliphatic heterocycles. The summed E-state index contributed by atoms with van der Waals surface area (Å²) in [7, 11) is 0. The van der Waals surface area contributed by atoms with Crippen molar-refractivity contribution < 1.29 is 4.79 Å². The number of carbonyl (C=O) groups excluding carboxylic acids is 1. The number of anilines is 1. The van der Waals surface area contributed by atoms with Crippen LogP contribution >= 0.6 is 11.3 Å². The number of rotatable bonds is 5. The molecule has 3 aromatic rings. The van der Waals surface area contributed by atoms with Gasteiger partial charge in [0.2, 0.25) is 0 Å². The summed E-state index contributed by atoms with van der Waals surface area (Å²) in [5.41, 5.74) is 3.76. The zero-order valence-corrected chi connectivity index (χ0v) is 14.8. The fraction of sp³-hybridized carbons (Fsp3) is 0.200. The second-order valence-electron chi connectivity index (χ2n) is 6.05. The lowest BCUT2D eigenvalue weighted by Crippen LogP contribution is -2.31. The van der Waals surface area contributed by atoms with E-state index in [9.17, 15) is 4.79 Å². The average Bonchev–Trinajstić information content (AvgIpc) is 3.25. The fourth-order valence-electron chi connectivity index (χ4n) is 3.11. The third-order valence-corrected chi connectivity index (χ3v) is 5.33. The molecule has 0 spiro atoms. The van der Waals surface area contributed by atoms with Gasteiger partial charge in [-0.2, -0.15) is 0 Å². The first kappa shape index (κ1) is 15.8. The maximum absolute atomic E-state index is 12.9. The minimum Gasteiger partial charge on any atom is -0.360 e. The third kappa shape index (κ3) is 3.03. The van der Waals surface area contributed by atoms with Crippen LogP contribution in [0.15, 0.2) is 60.1 Å². The number of carbonyl (C=O) groups is 1. The van der Waals surface area contributed by atoms with Crippen molar-refractivity contribution in [3.63, 3.8) is 0 Å². The number of aryl methyl sites for hydroxylation is 1. The zero-order chi connectivity index (χ0) is 17.2. The number of pyridine rings is 1. The third-order valence-electron chi connectivity index (χ3n) is 4.47. The molecule has 1 amide bonds. The summed E-state index contributed by atoms with van der Waals surface area (Å²) in [6.07, 6.45) is 2.51. The number of nitrogens with zero attached hydrogens (tertiary/aromatic N) is 2. The van der Waals surface area contributed by atoms with Gasteiger partial charge in [0.25, 0.3) is 5.91 Å². The lowest BCUT2D eigenvalue weighted by Gasteiger charge is -2.26. The molecule has 1 aromatic carbocycles. The Hall–Kier alpha value is -2.66. The van der Waals surface area contributed by atoms with Gasteiger partial charge in [0, 0.05) is 16.8 Å². The lowest BCUT2D eigenvalue weighted by atomic mass is 10.1. The molecule has 0 saturated heterocycles. The molecule has 0 saturated carbocycles. The van der Waals surface area contributed by atoms with Crippen LogP contribution in [0.25, 0.3) is 0 Å². The second-order valence-corrected chi connectivity index (χ2v) is 7.08. The van der Waals surface area contributed by atoms with Gasteiger partial charge in [-0.25, -0.2) is 0 Å². The van der Waals surface area contributed by atoms with E-state index in [0.717, 1.165) is 22.7 Å². The molecular formula is C20H19N3OS. The van der Waals surface area contributed by atoms with Gasteiger partial charge in [0.1, 0.15) is 6.17 Å². The highest BCUT2D eigenvalue weighted by Gasteiger charge is 2.37. The van der Waals surface area contributed by atoms with Gasteiger partial charge in [-0.15, -0.1) is 11.3 Å². The standard InChI is InChI=1S/C20H19N3OS/c1-2-14-7-9-15(10-8-14)22-19-18-17(6-3-11-21-18)20(24)23(19)13-16-5-4-12-25-16/h3-12,19,22H,2,13H2,1H3/t19-/m0/s1. The van der Waals surface area contributed by atoms with E-state index in [2.05, 4.69) is 47.6 Å². The summed E-state index contributed by atoms with van der Waals surface area (Å²) in [4.78, 5) is 20.4. The van der Waals surface area contributed by atoms with Crippen molar-refractivity contribution in [3.8, 4) is 0 Å². The van der Waals surface area contributed by atoms with Gasteiger partial charge >= 0.3 is 0 Å². The quantitative estimate of drug-likeness (QED) is 0.739. The molecule has 4 nitrogen and oxygen atoms in total. The van der Waals surface area contributed by atoms with Crippen LogP contribution < -0.4 is 5.32 Å². The highest BCUT2D eigenvalue weighted by Crippen LogP contribution is 2.34. The van der Waals surface area contributed by atoms with E-state index in [1.54, 1.807) is 17.5 Å². The van der Waals surface area contributed by atoms with Crippen molar-refractivity contribution in [1.82, 2.24) is 9.88 Å². The number of benzene rings is 1. The number of thiophene rings is 1. The van der Waals surface area contributed by atoms with Crippen LogP contribution in [0.1, 0.15) is 39.6 Å². The van der Waals surface area contributed by atoms with E-state index in [1.165, 1.54) is 5.56 Å². The van der Waals surface area contributed by atoms with Crippen LogP contribution in [-0.2, 0) is 13.0 Å². The molecule has 0 radical (unpaired) electrons. The van der Waals surface area contributed by atoms with Crippen LogP contribution in [0.2, 0.25) is 0 Å². The number of hydrogen-bond donors (Lipinski definition) is 1. The first-order chi connectivity index (χ1) is 12.3. The molecule has 126 valence electrons. The second kappa shape index (κ2) is 6.69. The lowest BCUT2D eigenvalue weighted by molar-refractivity contribution is 0.0729. The largest absolute Gasteiger partial charge is 0.360 e. The highest BCUT2D eigenvalue weighted by molar-refractivity contribution is 7.09. The summed E-state index contributed by atoms with van der Waals surface area (Å²) in [6.45, 7) is 2.72. The molecule has 4 rings (SSSR count). The van der Waals surface area contributed by atoms with Crippen LogP contribution in [0.5, 0.6) is 0 Å². The molecule has 25 heavy (non-hydrogen) atoms. The number of amides is 1. The van der Waals surface area contributed by atoms with E-state index >= 15 is 0 Å². The molecule has 3 heterocycles. The van der Waals surface area contributed by atoms with Crippen molar-refractivity contribution in [2.75, 3.05) is 5.32 Å². The van der Waals surface area contributed by atoms with Crippen LogP contribution in [0.4, 0.5) is 5.69 Å². The molecule has 1 atom stereocenters. The predicted molar refractivity (Wildman–Crippen MR) is 101 cm³/mol. The SMILES string of the molecule is CCc1ccc(N[C@@H]2c3ncccc3C(=O)N2Cc2cccs2)cc1. The Labute approximate surface area is 151 Å². The summed E-state index contributed by atoms with van der Waals surface area (Å²) >= 11 is 1.66. The highest BCUT2D eigenvalue weighted by atomic mass is 32.1. The minimum absolute atomic E-state index is 0.0270. The summed E-state index contributed by atoms with van der Waals surface area (Å²) in [5, 5.41) is 5.52. The topological polar surface area (TPSA) is 45.2 Å². The summed E-state index contributed by atoms with van der Waals surface area (Å²) in [6, 6.07) is 16.1. The Morgan fingerprint density at radius 1 is 1.16 bits per heavy atom. The Morgan fingerprint density at radius 3 is 2.72 bits per heavy atom. The minimum atomic E-state index is -0.252. The molecule has 2 aromatic heterocycles. The number of fused-ring (bicyclic) bond motifs is 1. The van der Waals surface area contributed by atoms with E-state index < -0.39 is 0 Å². The van der Waals surface area contributed by atoms with Gasteiger partial charge in [-0.1, -0.05) is 25.1 Å². The van der Waals surface area contributed by atoms with E-state index in [0.29, 0.717) is 12.1 Å². The number of nitrogens with one attached hydrogen (secondary N) is 1. The molecule has 0 unspecified atom stereocenters. The molecular weight excluding hydrogens is 330 g/mol. The smallest absolute Gasteiger partial charge is 0.258 e. The zero-order valence-electron chi connectivity index (χ0n) is 14.0. The Bertz CT molecular complexity index is 874. The van der Waals surface area contributed by atoms with E-state index in [-0.39, 0.29) is 12.1 Å². The fourth-order valence-corrected chi connectivity index (χ4v) is 3.81. The van der Waals surface area contributed by atoms with E-state index in [4.69, 9.17) is 0 Å². The molecule has 0 fully saturated rings. The Morgan fingerprint density at radius 2 is 2.00 bits per heavy atom. The molecule has 1 aliphatic rings. The Balaban J connectivity index is 1.66. The van der Waals surface area contributed by atoms with Crippen molar-refractivity contribution in [3.05, 3.63) is 81.8 Å². The van der Waals surface area contributed by atoms with Crippen LogP contribution in [0.3, 0.4) is 0 Å². The van der Waals surface area contributed by atoms with Gasteiger partial charge in [-0.05, 0) is 47.7 Å². The number of hydrogen-bond acceptors (Lipinski definition) is 4. The maximum atomic E-state index is 12.9. The van der Waals surface area contributed by atoms with Gasteiger partial charge in [0.15, 0.2) is 0 Å². The first-order valence-electron chi connectivity index (χ1n) is 8.40. The average molecular weight is 349 g/mol. The summed E-state index contributed by atoms with van der Waals surface area (Å²) < 4.78 is 0. The predicted octanol–water partition coefficient (Wildman–Crippen LogP) is 4.47. The van der Waals surface area contributed by atoms with Crippen molar-refractivity contribution >= 4 is 22.9 Å². The summed E-state index contributed by atoms with van der Waals surface area (Å²) in [5.74, 6) is 0.0270. The Kier molecular flexibility index (Phi) is 4.24. The van der Waals surface area contributed by atoms with E-state index in [1.807, 2.05) is 28.5 Å². The van der Waals surface area contributed by atoms with Crippen LogP contribution in [-0.4, -0.2) is 15.8 Å². The van der Waals surface area contributed by atoms with Crippen molar-refractivity contribution in [1.29, 1.82) is 0 Å². The number of aromatic nitrogens is 1. The van der Waals surface area contributed by atoms with Gasteiger partial charge < -0.3 is 10.2 Å². The molecule has 0 bridgehead atoms. The van der Waals surface area contributed by atoms with Crippen LogP contribution in [0, 0.1) is 0 Å². The van der Waals surface area contributed by atoms with Gasteiger partial charge in [-0.3, -0.25) is 9.78 Å². The van der Waals surface area contributed by atoms with Gasteiger partial charge in [0.05, 0.1) is 17.8 Å². The molecule has 1 N–H and O–H groups in total. The monoisotopic (exact) mass is 349 g/mol. The normalized spacial score (nSPS) is 16.1. The molecule has 0 aliphatic carbocycles. The molecule has 5 heteroatoms.